The van der Waals surface area contributed by atoms with Gasteiger partial charge in [-0.3, -0.25) is 9.59 Å². The molecule has 0 radical (unpaired) electrons. The summed E-state index contributed by atoms with van der Waals surface area (Å²) in [4.78, 5) is 23.1. The van der Waals surface area contributed by atoms with Crippen molar-refractivity contribution in [3.63, 3.8) is 0 Å². The van der Waals surface area contributed by atoms with Gasteiger partial charge in [-0.05, 0) is 0 Å². The number of hydrogen-bond acceptors (Lipinski definition) is 4. The Kier molecular flexibility index (Phi) is 2.78. The first-order valence-electron chi connectivity index (χ1n) is 4.71. The number of ketones is 1. The summed E-state index contributed by atoms with van der Waals surface area (Å²) < 4.78 is 4.97. The Bertz CT molecular complexity index is 355. The van der Waals surface area contributed by atoms with E-state index in [2.05, 4.69) is 0 Å². The van der Waals surface area contributed by atoms with Crippen LogP contribution in [0, 0.1) is 0 Å². The van der Waals surface area contributed by atoms with Gasteiger partial charge in [-0.15, -0.1) is 0 Å². The second-order valence-electron chi connectivity index (χ2n) is 3.44. The van der Waals surface area contributed by atoms with Gasteiger partial charge >= 0.3 is 0 Å². The van der Waals surface area contributed by atoms with Crippen LogP contribution in [0.3, 0.4) is 0 Å². The molecule has 0 aromatic heterocycles. The molecule has 1 unspecified atom stereocenters. The zero-order chi connectivity index (χ0) is 10.7. The summed E-state index contributed by atoms with van der Waals surface area (Å²) in [6, 6.07) is 9.38. The Hall–Kier alpha value is -1.68. The lowest BCUT2D eigenvalue weighted by Crippen LogP contribution is -2.49. The number of nitrogens with zero attached hydrogens (tertiary/aromatic N) is 1. The number of carbonyl (C=O) groups is 2. The molecule has 0 amide bonds. The summed E-state index contributed by atoms with van der Waals surface area (Å²) in [6.45, 7) is 1.13. The molecule has 4 heteroatoms. The van der Waals surface area contributed by atoms with Gasteiger partial charge < -0.3 is 4.74 Å². The van der Waals surface area contributed by atoms with E-state index in [4.69, 9.17) is 4.74 Å². The van der Waals surface area contributed by atoms with Crippen LogP contribution in [0.1, 0.15) is 11.8 Å². The molecule has 2 rings (SSSR count). The summed E-state index contributed by atoms with van der Waals surface area (Å²) in [5, 5.41) is 0. The van der Waals surface area contributed by atoms with Gasteiger partial charge in [0.1, 0.15) is 0 Å². The fraction of sp³-hybridized carbons (Fsp3) is 0.273. The van der Waals surface area contributed by atoms with Gasteiger partial charge in [-0.25, -0.2) is 4.90 Å². The van der Waals surface area contributed by atoms with Gasteiger partial charge in [0.05, 0.1) is 13.1 Å². The van der Waals surface area contributed by atoms with Crippen molar-refractivity contribution in [2.75, 3.05) is 13.1 Å². The van der Waals surface area contributed by atoms with Crippen LogP contribution < -0.4 is 0 Å². The van der Waals surface area contributed by atoms with Crippen LogP contribution in [0.2, 0.25) is 0 Å². The van der Waals surface area contributed by atoms with Crippen molar-refractivity contribution in [2.24, 2.45) is 0 Å². The smallest absolute Gasteiger partial charge is 0.294 e. The first kappa shape index (κ1) is 9.86. The number of likely N-dealkylation sites (tertiary alicyclic amines) is 1. The lowest BCUT2D eigenvalue weighted by Gasteiger charge is -2.35. The van der Waals surface area contributed by atoms with E-state index in [0.717, 1.165) is 5.56 Å². The van der Waals surface area contributed by atoms with Gasteiger partial charge in [0.2, 0.25) is 0 Å². The van der Waals surface area contributed by atoms with E-state index in [9.17, 15) is 9.59 Å². The van der Waals surface area contributed by atoms with Crippen LogP contribution in [0.15, 0.2) is 30.3 Å². The number of carbonyl (C=O) groups excluding carboxylic acids is 2. The van der Waals surface area contributed by atoms with Gasteiger partial charge in [-0.1, -0.05) is 30.3 Å². The summed E-state index contributed by atoms with van der Waals surface area (Å²) in [5.41, 5.74) is 0.886. The Morgan fingerprint density at radius 1 is 1.27 bits per heavy atom. The standard InChI is InChI=1S/C11H11NO3/c13-8-15-11(12-6-10(14)7-12)9-4-2-1-3-5-9/h1-5,8,11H,6-7H2. The predicted molar refractivity (Wildman–Crippen MR) is 52.9 cm³/mol. The minimum Gasteiger partial charge on any atom is -0.444 e. The average Bonchev–Trinajstić information content (AvgIpc) is 2.23. The van der Waals surface area contributed by atoms with E-state index in [1.807, 2.05) is 35.2 Å². The van der Waals surface area contributed by atoms with Crippen LogP contribution in [0.5, 0.6) is 0 Å². The number of benzene rings is 1. The fourth-order valence-electron chi connectivity index (χ4n) is 1.62. The quantitative estimate of drug-likeness (QED) is 0.680. The van der Waals surface area contributed by atoms with Crippen LogP contribution >= 0.6 is 0 Å². The van der Waals surface area contributed by atoms with E-state index >= 15 is 0 Å². The predicted octanol–water partition coefficient (Wildman–Crippen LogP) is 0.743. The number of rotatable bonds is 4. The highest BCUT2D eigenvalue weighted by Crippen LogP contribution is 2.24. The highest BCUT2D eigenvalue weighted by atomic mass is 16.5. The van der Waals surface area contributed by atoms with Crippen molar-refractivity contribution in [1.82, 2.24) is 4.90 Å². The third kappa shape index (κ3) is 2.05. The van der Waals surface area contributed by atoms with Gasteiger partial charge in [0.15, 0.2) is 12.0 Å². The molecule has 1 saturated heterocycles. The van der Waals surface area contributed by atoms with Crippen molar-refractivity contribution in [2.45, 2.75) is 6.23 Å². The fourth-order valence-corrected chi connectivity index (χ4v) is 1.62. The monoisotopic (exact) mass is 205 g/mol. The maximum absolute atomic E-state index is 10.9. The minimum atomic E-state index is -0.429. The van der Waals surface area contributed by atoms with Crippen molar-refractivity contribution < 1.29 is 14.3 Å². The Morgan fingerprint density at radius 3 is 2.47 bits per heavy atom. The van der Waals surface area contributed by atoms with Gasteiger partial charge in [-0.2, -0.15) is 0 Å². The molecule has 1 heterocycles. The molecule has 0 aliphatic carbocycles. The molecule has 4 nitrogen and oxygen atoms in total. The molecular weight excluding hydrogens is 194 g/mol. The molecule has 0 bridgehead atoms. The van der Waals surface area contributed by atoms with Crippen molar-refractivity contribution in [1.29, 1.82) is 0 Å². The first-order valence-corrected chi connectivity index (χ1v) is 4.71. The topological polar surface area (TPSA) is 46.6 Å². The van der Waals surface area contributed by atoms with Crippen LogP contribution in [-0.2, 0) is 14.3 Å². The lowest BCUT2D eigenvalue weighted by atomic mass is 10.1. The molecule has 0 saturated carbocycles. The molecule has 1 aromatic rings. The highest BCUT2D eigenvalue weighted by molar-refractivity contribution is 5.87. The zero-order valence-electron chi connectivity index (χ0n) is 8.13. The first-order chi connectivity index (χ1) is 7.31. The maximum atomic E-state index is 10.9. The summed E-state index contributed by atoms with van der Waals surface area (Å²) in [6.07, 6.45) is -0.429. The van der Waals surface area contributed by atoms with Gasteiger partial charge in [0, 0.05) is 5.56 Å². The van der Waals surface area contributed by atoms with Crippen LogP contribution in [0.4, 0.5) is 0 Å². The molecule has 15 heavy (non-hydrogen) atoms. The molecule has 1 aromatic carbocycles. The van der Waals surface area contributed by atoms with E-state index in [1.165, 1.54) is 0 Å². The third-order valence-electron chi connectivity index (χ3n) is 2.36. The second-order valence-corrected chi connectivity index (χ2v) is 3.44. The normalized spacial score (nSPS) is 18.0. The number of hydrogen-bond donors (Lipinski definition) is 0. The molecule has 78 valence electrons. The number of Topliss-reactive ketones (excluding diaryl/α,β-unsaturated/α-hetero) is 1. The SMILES string of the molecule is O=COC(c1ccccc1)N1CC(=O)C1. The van der Waals surface area contributed by atoms with Gasteiger partial charge in [0.25, 0.3) is 6.47 Å². The Morgan fingerprint density at radius 2 is 1.93 bits per heavy atom. The molecule has 1 aliphatic heterocycles. The average molecular weight is 205 g/mol. The summed E-state index contributed by atoms with van der Waals surface area (Å²) in [5.74, 6) is 0.172. The molecule has 0 N–H and O–H groups in total. The Labute approximate surface area is 87.4 Å². The third-order valence-corrected chi connectivity index (χ3v) is 2.36. The minimum absolute atomic E-state index is 0.172. The number of ether oxygens (including phenoxy) is 1. The van der Waals surface area contributed by atoms with Crippen LogP contribution in [0.25, 0.3) is 0 Å². The molecule has 1 fully saturated rings. The van der Waals surface area contributed by atoms with Crippen molar-refractivity contribution in [3.8, 4) is 0 Å². The zero-order valence-corrected chi connectivity index (χ0v) is 8.13. The van der Waals surface area contributed by atoms with E-state index < -0.39 is 6.23 Å². The lowest BCUT2D eigenvalue weighted by molar-refractivity contribution is -0.156. The molecule has 0 spiro atoms. The van der Waals surface area contributed by atoms with Crippen LogP contribution in [-0.4, -0.2) is 30.2 Å². The van der Waals surface area contributed by atoms with E-state index in [-0.39, 0.29) is 5.78 Å². The molecule has 1 aliphatic rings. The molecular formula is C11H11NO3. The summed E-state index contributed by atoms with van der Waals surface area (Å²) in [7, 11) is 0. The maximum Gasteiger partial charge on any atom is 0.294 e. The second kappa shape index (κ2) is 4.23. The summed E-state index contributed by atoms with van der Waals surface area (Å²) >= 11 is 0. The Balaban J connectivity index is 2.13. The largest absolute Gasteiger partial charge is 0.444 e. The van der Waals surface area contributed by atoms with E-state index in [0.29, 0.717) is 19.6 Å². The molecule has 1 atom stereocenters. The highest BCUT2D eigenvalue weighted by Gasteiger charge is 2.32. The van der Waals surface area contributed by atoms with Crippen molar-refractivity contribution >= 4 is 12.3 Å². The van der Waals surface area contributed by atoms with E-state index in [1.54, 1.807) is 0 Å². The van der Waals surface area contributed by atoms with Crippen molar-refractivity contribution in [3.05, 3.63) is 35.9 Å².